The molecule has 4 rings (SSSR count). The van der Waals surface area contributed by atoms with E-state index in [1.807, 2.05) is 31.2 Å². The second kappa shape index (κ2) is 9.48. The lowest BCUT2D eigenvalue weighted by Gasteiger charge is -2.45. The number of esters is 1. The van der Waals surface area contributed by atoms with Crippen LogP contribution in [0.4, 0.5) is 10.1 Å². The van der Waals surface area contributed by atoms with Gasteiger partial charge in [0.05, 0.1) is 23.9 Å². The van der Waals surface area contributed by atoms with Crippen molar-refractivity contribution < 1.29 is 18.7 Å². The minimum Gasteiger partial charge on any atom is -0.463 e. The highest BCUT2D eigenvalue weighted by Gasteiger charge is 2.43. The molecular formula is C24H27BrFNO3. The summed E-state index contributed by atoms with van der Waals surface area (Å²) in [6, 6.07) is 13.5. The normalized spacial score (nSPS) is 25.0. The number of anilines is 1. The van der Waals surface area contributed by atoms with Gasteiger partial charge in [0.2, 0.25) is 0 Å². The first kappa shape index (κ1) is 21.3. The van der Waals surface area contributed by atoms with Crippen LogP contribution in [0.5, 0.6) is 0 Å². The number of carbonyl (C=O) groups excluding carboxylic acids is 1. The summed E-state index contributed by atoms with van der Waals surface area (Å²) in [5.41, 5.74) is 2.43. The molecule has 2 aromatic rings. The van der Waals surface area contributed by atoms with Crippen molar-refractivity contribution in [2.75, 3.05) is 11.9 Å². The number of benzene rings is 2. The molecule has 0 aromatic heterocycles. The van der Waals surface area contributed by atoms with E-state index < -0.39 is 0 Å². The average Bonchev–Trinajstić information content (AvgIpc) is 2.76. The summed E-state index contributed by atoms with van der Waals surface area (Å²) in [5, 5.41) is 3.43. The lowest BCUT2D eigenvalue weighted by molar-refractivity contribution is -0.157. The van der Waals surface area contributed by atoms with Crippen molar-refractivity contribution in [3.8, 4) is 0 Å². The first-order valence-electron chi connectivity index (χ1n) is 10.7. The van der Waals surface area contributed by atoms with E-state index in [1.165, 1.54) is 6.07 Å². The fourth-order valence-electron chi connectivity index (χ4n) is 4.48. The second-order valence-corrected chi connectivity index (χ2v) is 9.01. The molecule has 0 unspecified atom stereocenters. The third kappa shape index (κ3) is 4.54. The highest BCUT2D eigenvalue weighted by molar-refractivity contribution is 9.10. The number of fused-ring (bicyclic) bond motifs is 3. The molecule has 2 heterocycles. The molecule has 4 atom stereocenters. The largest absolute Gasteiger partial charge is 0.463 e. The molecule has 2 aliphatic heterocycles. The molecule has 0 bridgehead atoms. The Bertz CT molecular complexity index is 892. The zero-order valence-electron chi connectivity index (χ0n) is 17.1. The van der Waals surface area contributed by atoms with Gasteiger partial charge in [0.1, 0.15) is 12.4 Å². The van der Waals surface area contributed by atoms with Gasteiger partial charge < -0.3 is 14.8 Å². The number of hydrogen-bond acceptors (Lipinski definition) is 4. The molecule has 4 nitrogen and oxygen atoms in total. The van der Waals surface area contributed by atoms with Crippen LogP contribution in [0.3, 0.4) is 0 Å². The molecule has 6 heteroatoms. The first-order chi connectivity index (χ1) is 14.6. The molecule has 1 N–H and O–H groups in total. The van der Waals surface area contributed by atoms with Crippen LogP contribution < -0.4 is 5.32 Å². The topological polar surface area (TPSA) is 47.6 Å². The van der Waals surface area contributed by atoms with Gasteiger partial charge in [0.25, 0.3) is 0 Å². The Labute approximate surface area is 185 Å². The monoisotopic (exact) mass is 475 g/mol. The Kier molecular flexibility index (Phi) is 6.74. The van der Waals surface area contributed by atoms with E-state index >= 15 is 0 Å². The lowest BCUT2D eigenvalue weighted by atomic mass is 9.76. The lowest BCUT2D eigenvalue weighted by Crippen LogP contribution is -2.40. The van der Waals surface area contributed by atoms with E-state index in [0.717, 1.165) is 36.8 Å². The van der Waals surface area contributed by atoms with Gasteiger partial charge in [-0.3, -0.25) is 4.79 Å². The third-order valence-electron chi connectivity index (χ3n) is 5.99. The Morgan fingerprint density at radius 2 is 2.07 bits per heavy atom. The third-order valence-corrected chi connectivity index (χ3v) is 6.45. The van der Waals surface area contributed by atoms with Crippen LogP contribution >= 0.6 is 15.9 Å². The molecule has 2 aliphatic rings. The van der Waals surface area contributed by atoms with Crippen LogP contribution in [-0.2, 0) is 14.3 Å². The molecule has 1 fully saturated rings. The van der Waals surface area contributed by atoms with Crippen LogP contribution in [0.25, 0.3) is 0 Å². The van der Waals surface area contributed by atoms with E-state index in [1.54, 1.807) is 0 Å². The second-order valence-electron chi connectivity index (χ2n) is 8.09. The number of hydrogen-bond donors (Lipinski definition) is 1. The number of carbonyl (C=O) groups is 1. The van der Waals surface area contributed by atoms with Crippen LogP contribution in [0.15, 0.2) is 46.9 Å². The molecule has 0 aliphatic carbocycles. The van der Waals surface area contributed by atoms with Crippen LogP contribution in [0, 0.1) is 11.7 Å². The van der Waals surface area contributed by atoms with Crippen LogP contribution in [0.1, 0.15) is 62.3 Å². The SMILES string of the molecule is CCCCC(=O)OC[C@@H]1CC[C@@H]2[C@@H](c3ccccc3)Nc3c(F)cc(Br)cc3[C@@H]2O1. The van der Waals surface area contributed by atoms with E-state index in [-0.39, 0.29) is 42.6 Å². The molecule has 30 heavy (non-hydrogen) atoms. The average molecular weight is 476 g/mol. The maximum absolute atomic E-state index is 14.8. The quantitative estimate of drug-likeness (QED) is 0.496. The van der Waals surface area contributed by atoms with Gasteiger partial charge in [-0.25, -0.2) is 4.39 Å². The van der Waals surface area contributed by atoms with Crippen molar-refractivity contribution >= 4 is 27.6 Å². The predicted octanol–water partition coefficient (Wildman–Crippen LogP) is 6.32. The standard InChI is InChI=1S/C24H27BrFNO3/c1-2-3-9-21(28)29-14-17-10-11-18-22(15-7-5-4-6-8-15)27-23-19(24(18)30-17)12-16(25)13-20(23)26/h4-8,12-13,17-18,22,24,27H,2-3,9-11,14H2,1H3/t17-,18+,22+,24+/m0/s1. The summed E-state index contributed by atoms with van der Waals surface area (Å²) in [6.45, 7) is 2.30. The van der Waals surface area contributed by atoms with Gasteiger partial charge in [-0.05, 0) is 37.0 Å². The van der Waals surface area contributed by atoms with E-state index in [0.29, 0.717) is 16.6 Å². The van der Waals surface area contributed by atoms with Gasteiger partial charge in [-0.1, -0.05) is 59.6 Å². The Balaban J connectivity index is 1.57. The van der Waals surface area contributed by atoms with E-state index in [2.05, 4.69) is 33.4 Å². The zero-order chi connectivity index (χ0) is 21.1. The number of rotatable bonds is 6. The first-order valence-corrected chi connectivity index (χ1v) is 11.5. The summed E-state index contributed by atoms with van der Waals surface area (Å²) in [5.74, 6) is -0.305. The summed E-state index contributed by atoms with van der Waals surface area (Å²) < 4.78 is 27.4. The maximum atomic E-state index is 14.8. The van der Waals surface area contributed by atoms with Crippen molar-refractivity contribution in [1.82, 2.24) is 0 Å². The van der Waals surface area contributed by atoms with E-state index in [4.69, 9.17) is 9.47 Å². The smallest absolute Gasteiger partial charge is 0.305 e. The highest BCUT2D eigenvalue weighted by Crippen LogP contribution is 2.51. The van der Waals surface area contributed by atoms with Crippen LogP contribution in [0.2, 0.25) is 0 Å². The summed E-state index contributed by atoms with van der Waals surface area (Å²) in [7, 11) is 0. The summed E-state index contributed by atoms with van der Waals surface area (Å²) >= 11 is 3.41. The molecule has 0 saturated carbocycles. The molecule has 0 amide bonds. The molecule has 2 aromatic carbocycles. The number of unbranched alkanes of at least 4 members (excludes halogenated alkanes) is 1. The van der Waals surface area contributed by atoms with Gasteiger partial charge in [-0.2, -0.15) is 0 Å². The van der Waals surface area contributed by atoms with Crippen molar-refractivity contribution in [2.24, 2.45) is 5.92 Å². The zero-order valence-corrected chi connectivity index (χ0v) is 18.7. The van der Waals surface area contributed by atoms with Crippen molar-refractivity contribution in [3.05, 3.63) is 63.9 Å². The fraction of sp³-hybridized carbons (Fsp3) is 0.458. The Hall–Kier alpha value is -1.92. The maximum Gasteiger partial charge on any atom is 0.305 e. The van der Waals surface area contributed by atoms with Gasteiger partial charge >= 0.3 is 5.97 Å². The minimum atomic E-state index is -0.296. The van der Waals surface area contributed by atoms with Crippen molar-refractivity contribution in [2.45, 2.75) is 57.3 Å². The van der Waals surface area contributed by atoms with Gasteiger partial charge in [-0.15, -0.1) is 0 Å². The van der Waals surface area contributed by atoms with Crippen LogP contribution in [-0.4, -0.2) is 18.7 Å². The van der Waals surface area contributed by atoms with E-state index in [9.17, 15) is 9.18 Å². The Morgan fingerprint density at radius 1 is 1.27 bits per heavy atom. The molecule has 1 saturated heterocycles. The minimum absolute atomic E-state index is 0.0348. The Morgan fingerprint density at radius 3 is 2.83 bits per heavy atom. The summed E-state index contributed by atoms with van der Waals surface area (Å²) in [4.78, 5) is 11.9. The fourth-order valence-corrected chi connectivity index (χ4v) is 4.92. The molecule has 160 valence electrons. The van der Waals surface area contributed by atoms with Gasteiger partial charge in [0, 0.05) is 22.4 Å². The highest BCUT2D eigenvalue weighted by atomic mass is 79.9. The number of ether oxygens (including phenoxy) is 2. The molecular weight excluding hydrogens is 449 g/mol. The summed E-state index contributed by atoms with van der Waals surface area (Å²) in [6.07, 6.45) is 3.51. The van der Waals surface area contributed by atoms with Gasteiger partial charge in [0.15, 0.2) is 0 Å². The predicted molar refractivity (Wildman–Crippen MR) is 118 cm³/mol. The van der Waals surface area contributed by atoms with Crippen molar-refractivity contribution in [3.63, 3.8) is 0 Å². The number of nitrogens with one attached hydrogen (secondary N) is 1. The number of halogens is 2. The van der Waals surface area contributed by atoms with Crippen molar-refractivity contribution in [1.29, 1.82) is 0 Å². The molecule has 0 radical (unpaired) electrons. The molecule has 0 spiro atoms.